The predicted molar refractivity (Wildman–Crippen MR) is 95.2 cm³/mol. The summed E-state index contributed by atoms with van der Waals surface area (Å²) in [5.74, 6) is -1.74. The van der Waals surface area contributed by atoms with E-state index >= 15 is 0 Å². The van der Waals surface area contributed by atoms with Crippen molar-refractivity contribution in [3.05, 3.63) is 65.5 Å². The van der Waals surface area contributed by atoms with Crippen LogP contribution in [-0.4, -0.2) is 28.7 Å². The van der Waals surface area contributed by atoms with Gasteiger partial charge in [0.25, 0.3) is 11.8 Å². The van der Waals surface area contributed by atoms with Crippen molar-refractivity contribution < 1.29 is 18.8 Å². The first-order valence-electron chi connectivity index (χ1n) is 8.42. The second-order valence-electron chi connectivity index (χ2n) is 6.67. The molecule has 1 aliphatic heterocycles. The van der Waals surface area contributed by atoms with E-state index in [1.807, 2.05) is 13.8 Å². The van der Waals surface area contributed by atoms with E-state index in [0.717, 1.165) is 4.90 Å². The standard InChI is InChI=1S/C20H19FN2O3/c1-12(2)11-17(18(24)22-14-9-7-13(21)8-10-14)23-19(25)15-5-3-4-6-16(15)20(23)26/h3-10,12,17H,11H2,1-2H3,(H,22,24). The first-order chi connectivity index (χ1) is 12.4. The summed E-state index contributed by atoms with van der Waals surface area (Å²) in [6.07, 6.45) is 0.332. The number of benzene rings is 2. The van der Waals surface area contributed by atoms with Gasteiger partial charge in [-0.05, 0) is 48.7 Å². The maximum Gasteiger partial charge on any atom is 0.262 e. The fourth-order valence-electron chi connectivity index (χ4n) is 3.03. The molecule has 6 heteroatoms. The van der Waals surface area contributed by atoms with Crippen LogP contribution in [0.3, 0.4) is 0 Å². The molecule has 3 rings (SSSR count). The predicted octanol–water partition coefficient (Wildman–Crippen LogP) is 3.48. The number of anilines is 1. The largest absolute Gasteiger partial charge is 0.324 e. The molecule has 1 unspecified atom stereocenters. The third-order valence-corrected chi connectivity index (χ3v) is 4.25. The smallest absolute Gasteiger partial charge is 0.262 e. The van der Waals surface area contributed by atoms with Crippen molar-refractivity contribution in [2.45, 2.75) is 26.3 Å². The Labute approximate surface area is 150 Å². The normalized spacial score (nSPS) is 14.5. The number of carbonyl (C=O) groups is 3. The summed E-state index contributed by atoms with van der Waals surface area (Å²) >= 11 is 0. The lowest BCUT2D eigenvalue weighted by atomic mass is 10.0. The molecule has 0 aliphatic carbocycles. The molecule has 0 spiro atoms. The van der Waals surface area contributed by atoms with Gasteiger partial charge in [0.05, 0.1) is 11.1 Å². The SMILES string of the molecule is CC(C)CC(C(=O)Nc1ccc(F)cc1)N1C(=O)c2ccccc2C1=O. The zero-order chi connectivity index (χ0) is 18.8. The Balaban J connectivity index is 1.89. The summed E-state index contributed by atoms with van der Waals surface area (Å²) in [4.78, 5) is 39.3. The van der Waals surface area contributed by atoms with Gasteiger partial charge in [-0.1, -0.05) is 26.0 Å². The molecule has 1 heterocycles. The van der Waals surface area contributed by atoms with Crippen LogP contribution in [0.2, 0.25) is 0 Å². The van der Waals surface area contributed by atoms with Gasteiger partial charge in [-0.2, -0.15) is 0 Å². The monoisotopic (exact) mass is 354 g/mol. The van der Waals surface area contributed by atoms with Crippen LogP contribution in [0.5, 0.6) is 0 Å². The highest BCUT2D eigenvalue weighted by Crippen LogP contribution is 2.27. The lowest BCUT2D eigenvalue weighted by Crippen LogP contribution is -2.47. The Kier molecular flexibility index (Phi) is 4.84. The van der Waals surface area contributed by atoms with Crippen molar-refractivity contribution >= 4 is 23.4 Å². The third-order valence-electron chi connectivity index (χ3n) is 4.25. The van der Waals surface area contributed by atoms with E-state index in [1.54, 1.807) is 24.3 Å². The average molecular weight is 354 g/mol. The number of hydrogen-bond donors (Lipinski definition) is 1. The van der Waals surface area contributed by atoms with Crippen molar-refractivity contribution in [3.63, 3.8) is 0 Å². The fraction of sp³-hybridized carbons (Fsp3) is 0.250. The van der Waals surface area contributed by atoms with Gasteiger partial charge in [0, 0.05) is 5.69 Å². The van der Waals surface area contributed by atoms with Gasteiger partial charge in [-0.15, -0.1) is 0 Å². The van der Waals surface area contributed by atoms with Gasteiger partial charge in [-0.3, -0.25) is 19.3 Å². The molecule has 0 saturated carbocycles. The van der Waals surface area contributed by atoms with E-state index in [4.69, 9.17) is 0 Å². The Morgan fingerprint density at radius 3 is 2.04 bits per heavy atom. The molecule has 0 bridgehead atoms. The van der Waals surface area contributed by atoms with Crippen LogP contribution in [0, 0.1) is 11.7 Å². The van der Waals surface area contributed by atoms with Crippen LogP contribution in [-0.2, 0) is 4.79 Å². The molecule has 0 fully saturated rings. The molecule has 26 heavy (non-hydrogen) atoms. The third kappa shape index (κ3) is 3.35. The highest BCUT2D eigenvalue weighted by atomic mass is 19.1. The van der Waals surface area contributed by atoms with Crippen molar-refractivity contribution in [2.24, 2.45) is 5.92 Å². The average Bonchev–Trinajstić information content (AvgIpc) is 2.86. The highest BCUT2D eigenvalue weighted by Gasteiger charge is 2.42. The summed E-state index contributed by atoms with van der Waals surface area (Å²) in [6, 6.07) is 10.9. The summed E-state index contributed by atoms with van der Waals surface area (Å²) < 4.78 is 13.0. The molecule has 134 valence electrons. The van der Waals surface area contributed by atoms with E-state index in [-0.39, 0.29) is 5.92 Å². The minimum absolute atomic E-state index is 0.0864. The molecule has 2 aromatic carbocycles. The first kappa shape index (κ1) is 17.8. The number of carbonyl (C=O) groups excluding carboxylic acids is 3. The van der Waals surface area contributed by atoms with E-state index in [9.17, 15) is 18.8 Å². The van der Waals surface area contributed by atoms with Crippen LogP contribution in [0.1, 0.15) is 41.0 Å². The summed E-state index contributed by atoms with van der Waals surface area (Å²) in [5.41, 5.74) is 1.02. The van der Waals surface area contributed by atoms with Crippen molar-refractivity contribution in [1.82, 2.24) is 4.90 Å². The van der Waals surface area contributed by atoms with Crippen LogP contribution in [0.25, 0.3) is 0 Å². The minimum Gasteiger partial charge on any atom is -0.324 e. The molecule has 3 amide bonds. The number of imide groups is 1. The summed E-state index contributed by atoms with van der Waals surface area (Å²) in [6.45, 7) is 3.83. The Hall–Kier alpha value is -3.02. The van der Waals surface area contributed by atoms with Gasteiger partial charge >= 0.3 is 0 Å². The Morgan fingerprint density at radius 2 is 1.54 bits per heavy atom. The molecule has 0 radical (unpaired) electrons. The van der Waals surface area contributed by atoms with Crippen LogP contribution in [0.4, 0.5) is 10.1 Å². The molecule has 1 aliphatic rings. The number of hydrogen-bond acceptors (Lipinski definition) is 3. The summed E-state index contributed by atoms with van der Waals surface area (Å²) in [7, 11) is 0. The van der Waals surface area contributed by atoms with E-state index in [1.165, 1.54) is 24.3 Å². The Morgan fingerprint density at radius 1 is 1.00 bits per heavy atom. The number of rotatable bonds is 5. The number of fused-ring (bicyclic) bond motifs is 1. The van der Waals surface area contributed by atoms with E-state index in [2.05, 4.69) is 5.32 Å². The molecule has 2 aromatic rings. The zero-order valence-corrected chi connectivity index (χ0v) is 14.5. The van der Waals surface area contributed by atoms with E-state index < -0.39 is 29.6 Å². The van der Waals surface area contributed by atoms with Gasteiger partial charge in [0.15, 0.2) is 0 Å². The van der Waals surface area contributed by atoms with E-state index in [0.29, 0.717) is 23.2 Å². The maximum absolute atomic E-state index is 13.0. The van der Waals surface area contributed by atoms with Crippen LogP contribution >= 0.6 is 0 Å². The van der Waals surface area contributed by atoms with Crippen molar-refractivity contribution in [2.75, 3.05) is 5.32 Å². The minimum atomic E-state index is -0.938. The molecule has 5 nitrogen and oxygen atoms in total. The van der Waals surface area contributed by atoms with Gasteiger partial charge in [0.1, 0.15) is 11.9 Å². The highest BCUT2D eigenvalue weighted by molar-refractivity contribution is 6.23. The zero-order valence-electron chi connectivity index (χ0n) is 14.5. The van der Waals surface area contributed by atoms with Crippen LogP contribution in [0.15, 0.2) is 48.5 Å². The summed E-state index contributed by atoms with van der Waals surface area (Å²) in [5, 5.41) is 2.67. The maximum atomic E-state index is 13.0. The van der Waals surface area contributed by atoms with Gasteiger partial charge < -0.3 is 5.32 Å². The number of nitrogens with zero attached hydrogens (tertiary/aromatic N) is 1. The molecule has 0 aromatic heterocycles. The number of halogens is 1. The van der Waals surface area contributed by atoms with Crippen molar-refractivity contribution in [1.29, 1.82) is 0 Å². The second kappa shape index (κ2) is 7.07. The molecule has 0 saturated heterocycles. The number of amides is 3. The molecular formula is C20H19FN2O3. The lowest BCUT2D eigenvalue weighted by Gasteiger charge is -2.26. The van der Waals surface area contributed by atoms with Crippen molar-refractivity contribution in [3.8, 4) is 0 Å². The molecule has 1 atom stereocenters. The second-order valence-corrected chi connectivity index (χ2v) is 6.67. The Bertz CT molecular complexity index is 827. The first-order valence-corrected chi connectivity index (χ1v) is 8.42. The van der Waals surface area contributed by atoms with Crippen LogP contribution < -0.4 is 5.32 Å². The number of nitrogens with one attached hydrogen (secondary N) is 1. The van der Waals surface area contributed by atoms with Gasteiger partial charge in [0.2, 0.25) is 5.91 Å². The molecular weight excluding hydrogens is 335 g/mol. The molecule has 1 N–H and O–H groups in total. The topological polar surface area (TPSA) is 66.5 Å². The quantitative estimate of drug-likeness (QED) is 0.836. The fourth-order valence-corrected chi connectivity index (χ4v) is 3.03. The lowest BCUT2D eigenvalue weighted by molar-refractivity contribution is -0.120. The van der Waals surface area contributed by atoms with Gasteiger partial charge in [-0.25, -0.2) is 4.39 Å².